The minimum Gasteiger partial charge on any atom is -0.455 e. The zero-order valence-corrected chi connectivity index (χ0v) is 25.0. The summed E-state index contributed by atoms with van der Waals surface area (Å²) in [4.78, 5) is 7.32. The van der Waals surface area contributed by atoms with Gasteiger partial charge in [-0.15, -0.1) is 0 Å². The molecule has 0 N–H and O–H groups in total. The van der Waals surface area contributed by atoms with Crippen molar-refractivity contribution in [2.75, 3.05) is 4.90 Å². The Kier molecular flexibility index (Phi) is 6.14. The van der Waals surface area contributed by atoms with Crippen LogP contribution >= 0.6 is 0 Å². The van der Waals surface area contributed by atoms with Gasteiger partial charge in [0.1, 0.15) is 17.0 Å². The van der Waals surface area contributed by atoms with E-state index in [4.69, 9.17) is 9.40 Å². The molecule has 0 radical (unpaired) electrons. The highest BCUT2D eigenvalue weighted by atomic mass is 16.3. The number of pyridine rings is 1. The van der Waals surface area contributed by atoms with Crippen LogP contribution in [-0.2, 0) is 0 Å². The van der Waals surface area contributed by atoms with E-state index in [-0.39, 0.29) is 0 Å². The molecule has 0 aliphatic carbocycles. The minimum absolute atomic E-state index is 0.821. The second-order valence-electron chi connectivity index (χ2n) is 11.6. The molecule has 0 saturated carbocycles. The SMILES string of the molecule is c1ccc(-c2ccccc2N(c2ccc(-c3cccc4ccccc34)cc2)c2cc3c(ccc4c5ccccc5oc34)cn2)cc1. The van der Waals surface area contributed by atoms with E-state index in [0.29, 0.717) is 0 Å². The highest BCUT2D eigenvalue weighted by Gasteiger charge is 2.20. The topological polar surface area (TPSA) is 29.3 Å². The molecule has 2 heterocycles. The van der Waals surface area contributed by atoms with Crippen LogP contribution in [0.5, 0.6) is 0 Å². The number of fused-ring (bicyclic) bond motifs is 6. The average molecular weight is 589 g/mol. The highest BCUT2D eigenvalue weighted by molar-refractivity contribution is 6.15. The Hall–Kier alpha value is -6.19. The number of benzene rings is 7. The van der Waals surface area contributed by atoms with Crippen molar-refractivity contribution >= 4 is 60.7 Å². The molecule has 46 heavy (non-hydrogen) atoms. The van der Waals surface area contributed by atoms with E-state index in [1.165, 1.54) is 21.9 Å². The third kappa shape index (κ3) is 4.33. The predicted octanol–water partition coefficient (Wildman–Crippen LogP) is 12.1. The molecular weight excluding hydrogens is 560 g/mol. The summed E-state index contributed by atoms with van der Waals surface area (Å²) < 4.78 is 6.46. The molecule has 0 fully saturated rings. The molecule has 216 valence electrons. The van der Waals surface area contributed by atoms with Crippen LogP contribution in [0.4, 0.5) is 17.2 Å². The van der Waals surface area contributed by atoms with Crippen LogP contribution in [0.2, 0.25) is 0 Å². The third-order valence-corrected chi connectivity index (χ3v) is 8.91. The first-order chi connectivity index (χ1) is 22.8. The van der Waals surface area contributed by atoms with Gasteiger partial charge in [-0.3, -0.25) is 4.90 Å². The van der Waals surface area contributed by atoms with Gasteiger partial charge in [-0.1, -0.05) is 127 Å². The van der Waals surface area contributed by atoms with Gasteiger partial charge in [-0.2, -0.15) is 0 Å². The zero-order chi connectivity index (χ0) is 30.5. The summed E-state index contributed by atoms with van der Waals surface area (Å²) in [6, 6.07) is 57.6. The summed E-state index contributed by atoms with van der Waals surface area (Å²) in [5, 5.41) is 6.78. The van der Waals surface area contributed by atoms with E-state index in [2.05, 4.69) is 157 Å². The van der Waals surface area contributed by atoms with Crippen LogP contribution in [0, 0.1) is 0 Å². The standard InChI is InChI=1S/C43H28N2O/c1-2-11-30(12-3-1)36-16-6-8-19-40(36)45(33-24-21-31(22-25-33)35-18-10-14-29-13-4-5-15-34(29)35)42-27-39-32(28-44-42)23-26-38-37-17-7-9-20-41(37)46-43(38)39/h1-28H. The molecule has 9 aromatic rings. The summed E-state index contributed by atoms with van der Waals surface area (Å²) in [6.07, 6.45) is 1.96. The first-order valence-electron chi connectivity index (χ1n) is 15.5. The van der Waals surface area contributed by atoms with Gasteiger partial charge in [0, 0.05) is 39.0 Å². The lowest BCUT2D eigenvalue weighted by atomic mass is 9.98. The average Bonchev–Trinajstić information content (AvgIpc) is 3.52. The Bertz CT molecular complexity index is 2530. The molecule has 0 amide bonds. The molecule has 2 aromatic heterocycles. The molecule has 0 atom stereocenters. The van der Waals surface area contributed by atoms with Crippen LogP contribution in [0.25, 0.3) is 65.7 Å². The van der Waals surface area contributed by atoms with E-state index < -0.39 is 0 Å². The first-order valence-corrected chi connectivity index (χ1v) is 15.5. The Morgan fingerprint density at radius 2 is 1.15 bits per heavy atom. The van der Waals surface area contributed by atoms with E-state index in [0.717, 1.165) is 61.0 Å². The van der Waals surface area contributed by atoms with E-state index in [1.54, 1.807) is 0 Å². The molecule has 0 aliphatic rings. The fraction of sp³-hybridized carbons (Fsp3) is 0. The Morgan fingerprint density at radius 1 is 0.457 bits per heavy atom. The van der Waals surface area contributed by atoms with Gasteiger partial charge >= 0.3 is 0 Å². The molecular formula is C43H28N2O. The maximum absolute atomic E-state index is 6.46. The smallest absolute Gasteiger partial charge is 0.143 e. The summed E-state index contributed by atoms with van der Waals surface area (Å²) in [7, 11) is 0. The summed E-state index contributed by atoms with van der Waals surface area (Å²) in [5.41, 5.74) is 8.51. The van der Waals surface area contributed by atoms with Crippen molar-refractivity contribution in [2.45, 2.75) is 0 Å². The van der Waals surface area contributed by atoms with Crippen molar-refractivity contribution in [3.8, 4) is 22.3 Å². The van der Waals surface area contributed by atoms with Crippen molar-refractivity contribution in [1.82, 2.24) is 4.98 Å². The summed E-state index contributed by atoms with van der Waals surface area (Å²) in [5.74, 6) is 0.821. The molecule has 3 nitrogen and oxygen atoms in total. The molecule has 0 bridgehead atoms. The molecule has 0 unspecified atom stereocenters. The molecule has 0 saturated heterocycles. The number of nitrogens with zero attached hydrogens (tertiary/aromatic N) is 2. The first kappa shape index (κ1) is 26.2. The Labute approximate surface area is 266 Å². The van der Waals surface area contributed by atoms with Crippen molar-refractivity contribution in [3.63, 3.8) is 0 Å². The van der Waals surface area contributed by atoms with Crippen molar-refractivity contribution in [1.29, 1.82) is 0 Å². The summed E-state index contributed by atoms with van der Waals surface area (Å²) >= 11 is 0. The van der Waals surface area contributed by atoms with Crippen LogP contribution < -0.4 is 4.90 Å². The third-order valence-electron chi connectivity index (χ3n) is 8.91. The zero-order valence-electron chi connectivity index (χ0n) is 25.0. The van der Waals surface area contributed by atoms with Gasteiger partial charge in [0.05, 0.1) is 5.69 Å². The Balaban J connectivity index is 1.25. The highest BCUT2D eigenvalue weighted by Crippen LogP contribution is 2.43. The number of hydrogen-bond acceptors (Lipinski definition) is 3. The van der Waals surface area contributed by atoms with Crippen LogP contribution in [0.3, 0.4) is 0 Å². The van der Waals surface area contributed by atoms with Crippen LogP contribution in [0.1, 0.15) is 0 Å². The number of anilines is 3. The van der Waals surface area contributed by atoms with Crippen LogP contribution in [0.15, 0.2) is 174 Å². The number of rotatable bonds is 5. The lowest BCUT2D eigenvalue weighted by molar-refractivity contribution is 0.672. The fourth-order valence-electron chi connectivity index (χ4n) is 6.70. The van der Waals surface area contributed by atoms with Gasteiger partial charge in [-0.25, -0.2) is 4.98 Å². The van der Waals surface area contributed by atoms with E-state index in [1.807, 2.05) is 18.3 Å². The largest absolute Gasteiger partial charge is 0.455 e. The van der Waals surface area contributed by atoms with Gasteiger partial charge in [0.15, 0.2) is 0 Å². The maximum Gasteiger partial charge on any atom is 0.143 e. The molecule has 3 heteroatoms. The molecule has 9 rings (SSSR count). The number of furan rings is 1. The van der Waals surface area contributed by atoms with Crippen LogP contribution in [-0.4, -0.2) is 4.98 Å². The normalized spacial score (nSPS) is 11.5. The van der Waals surface area contributed by atoms with Gasteiger partial charge in [-0.05, 0) is 63.9 Å². The van der Waals surface area contributed by atoms with Crippen molar-refractivity contribution in [3.05, 3.63) is 170 Å². The van der Waals surface area contributed by atoms with Crippen molar-refractivity contribution in [2.24, 2.45) is 0 Å². The monoisotopic (exact) mass is 588 g/mol. The number of aromatic nitrogens is 1. The quantitative estimate of drug-likeness (QED) is 0.200. The minimum atomic E-state index is 0.821. The molecule has 0 aliphatic heterocycles. The lowest BCUT2D eigenvalue weighted by Crippen LogP contribution is -2.12. The van der Waals surface area contributed by atoms with E-state index in [9.17, 15) is 0 Å². The van der Waals surface area contributed by atoms with Gasteiger partial charge < -0.3 is 4.42 Å². The fourth-order valence-corrected chi connectivity index (χ4v) is 6.70. The second kappa shape index (κ2) is 10.8. The molecule has 0 spiro atoms. The van der Waals surface area contributed by atoms with Gasteiger partial charge in [0.2, 0.25) is 0 Å². The lowest BCUT2D eigenvalue weighted by Gasteiger charge is -2.27. The second-order valence-corrected chi connectivity index (χ2v) is 11.6. The van der Waals surface area contributed by atoms with E-state index >= 15 is 0 Å². The molecule has 7 aromatic carbocycles. The van der Waals surface area contributed by atoms with Crippen molar-refractivity contribution < 1.29 is 4.42 Å². The Morgan fingerprint density at radius 3 is 2.04 bits per heavy atom. The summed E-state index contributed by atoms with van der Waals surface area (Å²) in [6.45, 7) is 0. The van der Waals surface area contributed by atoms with Gasteiger partial charge in [0.25, 0.3) is 0 Å². The maximum atomic E-state index is 6.46. The number of hydrogen-bond donors (Lipinski definition) is 0. The number of para-hydroxylation sites is 2. The predicted molar refractivity (Wildman–Crippen MR) is 192 cm³/mol.